The number of benzene rings is 1. The van der Waals surface area contributed by atoms with E-state index in [1.807, 2.05) is 13.8 Å². The molecule has 0 heterocycles. The van der Waals surface area contributed by atoms with Gasteiger partial charge in [-0.25, -0.2) is 4.39 Å². The highest BCUT2D eigenvalue weighted by Gasteiger charge is 2.46. The van der Waals surface area contributed by atoms with E-state index in [1.54, 1.807) is 0 Å². The molecule has 0 aliphatic heterocycles. The maximum atomic E-state index is 13.1. The topological polar surface area (TPSA) is 29.1 Å². The van der Waals surface area contributed by atoms with E-state index in [-0.39, 0.29) is 17.0 Å². The number of carbonyl (C=O) groups is 1. The highest BCUT2D eigenvalue weighted by Crippen LogP contribution is 2.44. The fraction of sp³-hybridized carbons (Fsp3) is 0.462. The Bertz CT molecular complexity index is 522. The van der Waals surface area contributed by atoms with Gasteiger partial charge in [0.15, 0.2) is 0 Å². The van der Waals surface area contributed by atoms with Crippen molar-refractivity contribution in [2.75, 3.05) is 0 Å². The Balaban J connectivity index is 2.19. The van der Waals surface area contributed by atoms with Crippen LogP contribution in [0.2, 0.25) is 0 Å². The molecular formula is C13H13F4NO. The lowest BCUT2D eigenvalue weighted by Crippen LogP contribution is -2.28. The molecule has 1 amide bonds. The number of halogens is 4. The van der Waals surface area contributed by atoms with E-state index in [2.05, 4.69) is 5.32 Å². The van der Waals surface area contributed by atoms with Gasteiger partial charge in [0, 0.05) is 11.6 Å². The largest absolute Gasteiger partial charge is 0.419 e. The van der Waals surface area contributed by atoms with Crippen LogP contribution < -0.4 is 5.32 Å². The maximum absolute atomic E-state index is 13.1. The average molecular weight is 275 g/mol. The third-order valence-electron chi connectivity index (χ3n) is 3.35. The highest BCUT2D eigenvalue weighted by molar-refractivity contribution is 5.94. The molecule has 1 aliphatic carbocycles. The van der Waals surface area contributed by atoms with Crippen molar-refractivity contribution < 1.29 is 22.4 Å². The number of nitrogens with one attached hydrogen (secondary N) is 1. The normalized spacial score (nSPS) is 21.1. The van der Waals surface area contributed by atoms with Gasteiger partial charge < -0.3 is 5.32 Å². The fourth-order valence-electron chi connectivity index (χ4n) is 1.84. The van der Waals surface area contributed by atoms with Gasteiger partial charge >= 0.3 is 6.18 Å². The molecule has 6 heteroatoms. The predicted molar refractivity (Wildman–Crippen MR) is 61.1 cm³/mol. The van der Waals surface area contributed by atoms with E-state index >= 15 is 0 Å². The Morgan fingerprint density at radius 2 is 1.95 bits per heavy atom. The molecule has 104 valence electrons. The second-order valence-corrected chi connectivity index (χ2v) is 5.41. The minimum atomic E-state index is -4.81. The number of carbonyl (C=O) groups excluding carboxylic acids is 1. The molecule has 19 heavy (non-hydrogen) atoms. The first-order chi connectivity index (χ1) is 8.61. The van der Waals surface area contributed by atoms with E-state index in [9.17, 15) is 22.4 Å². The van der Waals surface area contributed by atoms with Gasteiger partial charge in [-0.3, -0.25) is 4.79 Å². The average Bonchev–Trinajstić information content (AvgIpc) is 2.84. The SMILES string of the molecule is CC1(C)CC1NC(=O)c1ccc(F)c(C(F)(F)F)c1. The quantitative estimate of drug-likeness (QED) is 0.824. The number of alkyl halides is 3. The monoisotopic (exact) mass is 275 g/mol. The third-order valence-corrected chi connectivity index (χ3v) is 3.35. The Hall–Kier alpha value is -1.59. The molecule has 0 bridgehead atoms. The number of hydrogen-bond acceptors (Lipinski definition) is 1. The summed E-state index contributed by atoms with van der Waals surface area (Å²) in [5.41, 5.74) is -1.63. The van der Waals surface area contributed by atoms with Crippen molar-refractivity contribution in [3.8, 4) is 0 Å². The summed E-state index contributed by atoms with van der Waals surface area (Å²) in [6, 6.07) is 2.21. The van der Waals surface area contributed by atoms with Crippen molar-refractivity contribution in [1.29, 1.82) is 0 Å². The second kappa shape index (κ2) is 4.21. The van der Waals surface area contributed by atoms with Crippen LogP contribution in [0.4, 0.5) is 17.6 Å². The minimum absolute atomic E-state index is 0.0253. The summed E-state index contributed by atoms with van der Waals surface area (Å²) in [6.07, 6.45) is -4.02. The summed E-state index contributed by atoms with van der Waals surface area (Å²) >= 11 is 0. The summed E-state index contributed by atoms with van der Waals surface area (Å²) in [6.45, 7) is 3.90. The van der Waals surface area contributed by atoms with Crippen molar-refractivity contribution in [3.05, 3.63) is 35.1 Å². The smallest absolute Gasteiger partial charge is 0.349 e. The zero-order valence-electron chi connectivity index (χ0n) is 10.4. The maximum Gasteiger partial charge on any atom is 0.419 e. The van der Waals surface area contributed by atoms with Crippen molar-refractivity contribution in [2.45, 2.75) is 32.5 Å². The summed E-state index contributed by atoms with van der Waals surface area (Å²) in [7, 11) is 0. The van der Waals surface area contributed by atoms with E-state index in [1.165, 1.54) is 0 Å². The van der Waals surface area contributed by atoms with Crippen LogP contribution >= 0.6 is 0 Å². The molecule has 0 aromatic heterocycles. The van der Waals surface area contributed by atoms with Crippen LogP contribution in [0.3, 0.4) is 0 Å². The standard InChI is InChI=1S/C13H13F4NO/c1-12(2)6-10(12)18-11(19)7-3-4-9(14)8(5-7)13(15,16)17/h3-5,10H,6H2,1-2H3,(H,18,19). The van der Waals surface area contributed by atoms with Gasteiger partial charge in [-0.2, -0.15) is 13.2 Å². The molecule has 2 rings (SSSR count). The van der Waals surface area contributed by atoms with Crippen LogP contribution in [0.15, 0.2) is 18.2 Å². The lowest BCUT2D eigenvalue weighted by molar-refractivity contribution is -0.140. The molecule has 0 spiro atoms. The molecule has 1 fully saturated rings. The summed E-state index contributed by atoms with van der Waals surface area (Å²) in [4.78, 5) is 11.8. The van der Waals surface area contributed by atoms with Gasteiger partial charge in [-0.15, -0.1) is 0 Å². The Morgan fingerprint density at radius 3 is 2.42 bits per heavy atom. The van der Waals surface area contributed by atoms with E-state index in [0.717, 1.165) is 12.5 Å². The van der Waals surface area contributed by atoms with Crippen molar-refractivity contribution in [3.63, 3.8) is 0 Å². The first-order valence-electron chi connectivity index (χ1n) is 5.79. The molecular weight excluding hydrogens is 262 g/mol. The zero-order valence-corrected chi connectivity index (χ0v) is 10.4. The van der Waals surface area contributed by atoms with Crippen LogP contribution in [0, 0.1) is 11.2 Å². The highest BCUT2D eigenvalue weighted by atomic mass is 19.4. The molecule has 1 saturated carbocycles. The lowest BCUT2D eigenvalue weighted by atomic mass is 10.1. The molecule has 1 N–H and O–H groups in total. The predicted octanol–water partition coefficient (Wildman–Crippen LogP) is 3.37. The Morgan fingerprint density at radius 1 is 1.37 bits per heavy atom. The van der Waals surface area contributed by atoms with Gasteiger partial charge in [0.25, 0.3) is 5.91 Å². The minimum Gasteiger partial charge on any atom is -0.349 e. The molecule has 1 aromatic carbocycles. The van der Waals surface area contributed by atoms with Crippen LogP contribution in [0.5, 0.6) is 0 Å². The van der Waals surface area contributed by atoms with Gasteiger partial charge in [0.2, 0.25) is 0 Å². The van der Waals surface area contributed by atoms with Gasteiger partial charge in [-0.1, -0.05) is 13.8 Å². The Labute approximate surface area is 107 Å². The molecule has 0 saturated heterocycles. The van der Waals surface area contributed by atoms with Crippen molar-refractivity contribution in [1.82, 2.24) is 5.32 Å². The molecule has 2 nitrogen and oxygen atoms in total. The molecule has 0 radical (unpaired) electrons. The summed E-state index contributed by atoms with van der Waals surface area (Å²) in [5.74, 6) is -1.99. The second-order valence-electron chi connectivity index (χ2n) is 5.41. The van der Waals surface area contributed by atoms with Crippen LogP contribution in [0.1, 0.15) is 36.2 Å². The van der Waals surface area contributed by atoms with Crippen LogP contribution in [0.25, 0.3) is 0 Å². The molecule has 1 aromatic rings. The lowest BCUT2D eigenvalue weighted by Gasteiger charge is -2.11. The number of hydrogen-bond donors (Lipinski definition) is 1. The zero-order chi connectivity index (χ0) is 14.4. The third kappa shape index (κ3) is 2.88. The Kier molecular flexibility index (Phi) is 3.07. The first-order valence-corrected chi connectivity index (χ1v) is 5.79. The van der Waals surface area contributed by atoms with Crippen LogP contribution in [-0.4, -0.2) is 11.9 Å². The summed E-state index contributed by atoms with van der Waals surface area (Å²) in [5, 5.41) is 2.63. The number of amides is 1. The molecule has 1 atom stereocenters. The van der Waals surface area contributed by atoms with Gasteiger partial charge in [0.05, 0.1) is 5.56 Å². The van der Waals surface area contributed by atoms with E-state index in [0.29, 0.717) is 12.1 Å². The van der Waals surface area contributed by atoms with E-state index < -0.39 is 23.5 Å². The van der Waals surface area contributed by atoms with Crippen molar-refractivity contribution in [2.24, 2.45) is 5.41 Å². The molecule has 1 aliphatic rings. The van der Waals surface area contributed by atoms with Gasteiger partial charge in [0.1, 0.15) is 5.82 Å². The van der Waals surface area contributed by atoms with Crippen molar-refractivity contribution >= 4 is 5.91 Å². The first kappa shape index (κ1) is 13.8. The van der Waals surface area contributed by atoms with E-state index in [4.69, 9.17) is 0 Å². The van der Waals surface area contributed by atoms with Gasteiger partial charge in [-0.05, 0) is 30.0 Å². The molecule has 1 unspecified atom stereocenters. The number of rotatable bonds is 2. The van der Waals surface area contributed by atoms with Crippen LogP contribution in [-0.2, 0) is 6.18 Å². The summed E-state index contributed by atoms with van der Waals surface area (Å²) < 4.78 is 50.6. The fourth-order valence-corrected chi connectivity index (χ4v) is 1.84.